The van der Waals surface area contributed by atoms with E-state index in [0.29, 0.717) is 10.8 Å². The first-order valence-corrected chi connectivity index (χ1v) is 4.63. The zero-order chi connectivity index (χ0) is 10.3. The molecule has 14 heavy (non-hydrogen) atoms. The van der Waals surface area contributed by atoms with Crippen LogP contribution < -0.4 is 5.56 Å². The number of H-pyrrole nitrogens is 1. The van der Waals surface area contributed by atoms with Crippen LogP contribution in [0.15, 0.2) is 16.9 Å². The molecule has 0 bridgehead atoms. The molecule has 0 amide bonds. The SMILES string of the molecule is Cc1c(C)c2ccc(Cl)nc2[nH]c1=O. The second kappa shape index (κ2) is 3.10. The third-order valence-corrected chi connectivity index (χ3v) is 2.61. The van der Waals surface area contributed by atoms with Gasteiger partial charge in [0.15, 0.2) is 0 Å². The molecular weight excluding hydrogens is 200 g/mol. The fraction of sp³-hybridized carbons (Fsp3) is 0.200. The maximum atomic E-state index is 11.4. The highest BCUT2D eigenvalue weighted by molar-refractivity contribution is 6.29. The van der Waals surface area contributed by atoms with Crippen LogP contribution in [-0.4, -0.2) is 9.97 Å². The fourth-order valence-corrected chi connectivity index (χ4v) is 1.55. The molecule has 0 radical (unpaired) electrons. The van der Waals surface area contributed by atoms with E-state index in [1.165, 1.54) is 0 Å². The molecule has 0 fully saturated rings. The van der Waals surface area contributed by atoms with E-state index in [1.54, 1.807) is 13.0 Å². The Kier molecular flexibility index (Phi) is 2.04. The molecule has 2 rings (SSSR count). The minimum absolute atomic E-state index is 0.107. The van der Waals surface area contributed by atoms with Gasteiger partial charge in [-0.05, 0) is 31.5 Å². The highest BCUT2D eigenvalue weighted by atomic mass is 35.5. The van der Waals surface area contributed by atoms with Crippen LogP contribution in [0.5, 0.6) is 0 Å². The monoisotopic (exact) mass is 208 g/mol. The Balaban J connectivity index is 2.98. The van der Waals surface area contributed by atoms with Crippen molar-refractivity contribution in [2.75, 3.05) is 0 Å². The highest BCUT2D eigenvalue weighted by Gasteiger charge is 2.05. The Labute approximate surface area is 85.7 Å². The third kappa shape index (κ3) is 1.30. The number of halogens is 1. The summed E-state index contributed by atoms with van der Waals surface area (Å²) in [7, 11) is 0. The van der Waals surface area contributed by atoms with Gasteiger partial charge in [0.05, 0.1) is 0 Å². The lowest BCUT2D eigenvalue weighted by Gasteiger charge is -2.03. The lowest BCUT2D eigenvalue weighted by molar-refractivity contribution is 1.16. The number of pyridine rings is 2. The van der Waals surface area contributed by atoms with Gasteiger partial charge in [-0.2, -0.15) is 0 Å². The highest BCUT2D eigenvalue weighted by Crippen LogP contribution is 2.17. The molecule has 0 unspecified atom stereocenters. The zero-order valence-corrected chi connectivity index (χ0v) is 8.64. The number of aromatic amines is 1. The normalized spacial score (nSPS) is 10.8. The van der Waals surface area contributed by atoms with Crippen molar-refractivity contribution < 1.29 is 0 Å². The molecular formula is C10H9ClN2O. The van der Waals surface area contributed by atoms with Gasteiger partial charge in [0.2, 0.25) is 0 Å². The molecule has 1 N–H and O–H groups in total. The van der Waals surface area contributed by atoms with E-state index in [0.717, 1.165) is 16.5 Å². The third-order valence-electron chi connectivity index (χ3n) is 2.40. The summed E-state index contributed by atoms with van der Waals surface area (Å²) in [6, 6.07) is 3.58. The molecule has 0 aliphatic carbocycles. The number of hydrogen-bond donors (Lipinski definition) is 1. The second-order valence-electron chi connectivity index (χ2n) is 3.23. The van der Waals surface area contributed by atoms with Crippen molar-refractivity contribution in [2.45, 2.75) is 13.8 Å². The summed E-state index contributed by atoms with van der Waals surface area (Å²) in [6.07, 6.45) is 0. The topological polar surface area (TPSA) is 45.8 Å². The van der Waals surface area contributed by atoms with Crippen LogP contribution in [0.2, 0.25) is 5.15 Å². The predicted molar refractivity (Wildman–Crippen MR) is 56.8 cm³/mol. The second-order valence-corrected chi connectivity index (χ2v) is 3.62. The van der Waals surface area contributed by atoms with E-state index >= 15 is 0 Å². The van der Waals surface area contributed by atoms with Crippen LogP contribution in [0.4, 0.5) is 0 Å². The predicted octanol–water partition coefficient (Wildman–Crippen LogP) is 2.19. The number of rotatable bonds is 0. The summed E-state index contributed by atoms with van der Waals surface area (Å²) in [5, 5.41) is 1.32. The average Bonchev–Trinajstić information content (AvgIpc) is 2.14. The number of aryl methyl sites for hydroxylation is 1. The summed E-state index contributed by atoms with van der Waals surface area (Å²) < 4.78 is 0. The van der Waals surface area contributed by atoms with Crippen LogP contribution in [0.25, 0.3) is 11.0 Å². The van der Waals surface area contributed by atoms with E-state index in [2.05, 4.69) is 9.97 Å². The van der Waals surface area contributed by atoms with E-state index in [4.69, 9.17) is 11.6 Å². The number of nitrogens with zero attached hydrogens (tertiary/aromatic N) is 1. The largest absolute Gasteiger partial charge is 0.306 e. The van der Waals surface area contributed by atoms with Gasteiger partial charge in [-0.1, -0.05) is 11.6 Å². The Morgan fingerprint density at radius 1 is 1.29 bits per heavy atom. The van der Waals surface area contributed by atoms with Gasteiger partial charge in [-0.25, -0.2) is 4.98 Å². The van der Waals surface area contributed by atoms with E-state index < -0.39 is 0 Å². The molecule has 0 spiro atoms. The van der Waals surface area contributed by atoms with Crippen molar-refractivity contribution in [1.82, 2.24) is 9.97 Å². The summed E-state index contributed by atoms with van der Waals surface area (Å²) in [5.41, 5.74) is 2.12. The van der Waals surface area contributed by atoms with Crippen LogP contribution in [0.1, 0.15) is 11.1 Å². The minimum Gasteiger partial charge on any atom is -0.306 e. The molecule has 0 atom stereocenters. The van der Waals surface area contributed by atoms with Crippen LogP contribution >= 0.6 is 11.6 Å². The Morgan fingerprint density at radius 3 is 2.71 bits per heavy atom. The molecule has 3 nitrogen and oxygen atoms in total. The van der Waals surface area contributed by atoms with Gasteiger partial charge >= 0.3 is 0 Å². The number of hydrogen-bond acceptors (Lipinski definition) is 2. The van der Waals surface area contributed by atoms with Gasteiger partial charge in [-0.15, -0.1) is 0 Å². The van der Waals surface area contributed by atoms with E-state index in [9.17, 15) is 4.79 Å². The first-order valence-electron chi connectivity index (χ1n) is 4.25. The fourth-order valence-electron chi connectivity index (χ4n) is 1.41. The Morgan fingerprint density at radius 2 is 2.00 bits per heavy atom. The average molecular weight is 209 g/mol. The minimum atomic E-state index is -0.107. The molecule has 0 saturated carbocycles. The van der Waals surface area contributed by atoms with Gasteiger partial charge in [0.1, 0.15) is 10.8 Å². The van der Waals surface area contributed by atoms with Crippen molar-refractivity contribution in [2.24, 2.45) is 0 Å². The van der Waals surface area contributed by atoms with Crippen molar-refractivity contribution >= 4 is 22.6 Å². The van der Waals surface area contributed by atoms with Crippen molar-refractivity contribution in [3.05, 3.63) is 38.8 Å². The summed E-state index contributed by atoms with van der Waals surface area (Å²) in [4.78, 5) is 18.2. The first kappa shape index (κ1) is 9.21. The molecule has 0 aromatic carbocycles. The quantitative estimate of drug-likeness (QED) is 0.675. The number of nitrogens with one attached hydrogen (secondary N) is 1. The first-order chi connectivity index (χ1) is 6.59. The van der Waals surface area contributed by atoms with Crippen molar-refractivity contribution in [3.63, 3.8) is 0 Å². The smallest absolute Gasteiger partial charge is 0.252 e. The molecule has 0 aliphatic heterocycles. The molecule has 0 aliphatic rings. The lowest BCUT2D eigenvalue weighted by Crippen LogP contribution is -2.11. The van der Waals surface area contributed by atoms with Crippen molar-refractivity contribution in [1.29, 1.82) is 0 Å². The van der Waals surface area contributed by atoms with Gasteiger partial charge in [-0.3, -0.25) is 4.79 Å². The molecule has 4 heteroatoms. The molecule has 2 aromatic rings. The van der Waals surface area contributed by atoms with Crippen LogP contribution in [0, 0.1) is 13.8 Å². The lowest BCUT2D eigenvalue weighted by atomic mass is 10.1. The summed E-state index contributed by atoms with van der Waals surface area (Å²) in [5.74, 6) is 0. The van der Waals surface area contributed by atoms with Gasteiger partial charge in [0, 0.05) is 10.9 Å². The maximum Gasteiger partial charge on any atom is 0.252 e. The van der Waals surface area contributed by atoms with Crippen molar-refractivity contribution in [3.8, 4) is 0 Å². The van der Waals surface area contributed by atoms with Crippen LogP contribution in [-0.2, 0) is 0 Å². The Bertz CT molecular complexity index is 560. The number of aromatic nitrogens is 2. The summed E-state index contributed by atoms with van der Waals surface area (Å²) in [6.45, 7) is 3.70. The molecule has 2 aromatic heterocycles. The van der Waals surface area contributed by atoms with Gasteiger partial charge in [0.25, 0.3) is 5.56 Å². The van der Waals surface area contributed by atoms with E-state index in [1.807, 2.05) is 13.0 Å². The standard InChI is InChI=1S/C10H9ClN2O/c1-5-6(2)10(14)13-9-7(5)3-4-8(11)12-9/h3-4H,1-2H3,(H,12,13,14). The molecule has 2 heterocycles. The zero-order valence-electron chi connectivity index (χ0n) is 7.89. The molecule has 0 saturated heterocycles. The summed E-state index contributed by atoms with van der Waals surface area (Å²) >= 11 is 5.73. The number of fused-ring (bicyclic) bond motifs is 1. The molecule has 72 valence electrons. The maximum absolute atomic E-state index is 11.4. The van der Waals surface area contributed by atoms with Crippen LogP contribution in [0.3, 0.4) is 0 Å². The van der Waals surface area contributed by atoms with Gasteiger partial charge < -0.3 is 4.98 Å². The Hall–Kier alpha value is -1.35. The van der Waals surface area contributed by atoms with E-state index in [-0.39, 0.29) is 5.56 Å².